The highest BCUT2D eigenvalue weighted by Gasteiger charge is 2.55. The van der Waals surface area contributed by atoms with Crippen LogP contribution in [-0.4, -0.2) is 5.78 Å². The van der Waals surface area contributed by atoms with Crippen molar-refractivity contribution in [1.29, 1.82) is 5.26 Å². The summed E-state index contributed by atoms with van der Waals surface area (Å²) < 4.78 is 0. The fourth-order valence-electron chi connectivity index (χ4n) is 4.43. The molecule has 1 aromatic rings. The predicted octanol–water partition coefficient (Wildman–Crippen LogP) is 2.88. The number of benzene rings is 1. The van der Waals surface area contributed by atoms with Gasteiger partial charge in [0.05, 0.1) is 11.6 Å². The third-order valence-corrected chi connectivity index (χ3v) is 5.02. The van der Waals surface area contributed by atoms with E-state index >= 15 is 0 Å². The Bertz CT molecular complexity index is 569. The highest BCUT2D eigenvalue weighted by molar-refractivity contribution is 6.04. The Morgan fingerprint density at radius 1 is 1.18 bits per heavy atom. The van der Waals surface area contributed by atoms with Crippen LogP contribution in [0.1, 0.15) is 46.7 Å². The highest BCUT2D eigenvalue weighted by Crippen LogP contribution is 2.61. The predicted molar refractivity (Wildman–Crippen MR) is 62.5 cm³/mol. The quantitative estimate of drug-likeness (QED) is 0.678. The number of rotatable bonds is 0. The molecule has 0 amide bonds. The van der Waals surface area contributed by atoms with Crippen molar-refractivity contribution in [1.82, 2.24) is 0 Å². The Labute approximate surface area is 100 Å². The lowest BCUT2D eigenvalue weighted by Crippen LogP contribution is -2.20. The summed E-state index contributed by atoms with van der Waals surface area (Å²) in [6, 6.07) is 7.79. The SMILES string of the molecule is N#Cc1ccc2c(c1)[C@@H]1[C@H]3CC[C@H](C3)[C@@H]1C2=O. The summed E-state index contributed by atoms with van der Waals surface area (Å²) in [5, 5.41) is 8.97. The van der Waals surface area contributed by atoms with Crippen molar-refractivity contribution in [2.45, 2.75) is 25.2 Å². The minimum atomic E-state index is 0.248. The molecule has 0 unspecified atom stereocenters. The van der Waals surface area contributed by atoms with Crippen LogP contribution < -0.4 is 0 Å². The molecule has 0 radical (unpaired) electrons. The monoisotopic (exact) mass is 223 g/mol. The molecule has 1 aromatic carbocycles. The Morgan fingerprint density at radius 3 is 2.71 bits per heavy atom. The molecule has 2 nitrogen and oxygen atoms in total. The number of carbonyl (C=O) groups is 1. The Kier molecular flexibility index (Phi) is 1.65. The van der Waals surface area contributed by atoms with Gasteiger partial charge < -0.3 is 0 Å². The van der Waals surface area contributed by atoms with E-state index in [0.29, 0.717) is 29.1 Å². The van der Waals surface area contributed by atoms with Gasteiger partial charge in [-0.1, -0.05) is 0 Å². The molecule has 2 heteroatoms. The maximum atomic E-state index is 12.4. The molecular formula is C15H13NO. The maximum absolute atomic E-state index is 12.4. The number of hydrogen-bond donors (Lipinski definition) is 0. The molecular weight excluding hydrogens is 210 g/mol. The molecule has 17 heavy (non-hydrogen) atoms. The van der Waals surface area contributed by atoms with E-state index in [0.717, 1.165) is 5.56 Å². The van der Waals surface area contributed by atoms with Crippen LogP contribution in [0.3, 0.4) is 0 Å². The third-order valence-electron chi connectivity index (χ3n) is 5.02. The molecule has 0 heterocycles. The smallest absolute Gasteiger partial charge is 0.167 e. The fraction of sp³-hybridized carbons (Fsp3) is 0.467. The van der Waals surface area contributed by atoms with Crippen LogP contribution in [0, 0.1) is 29.1 Å². The first-order valence-corrected chi connectivity index (χ1v) is 6.38. The van der Waals surface area contributed by atoms with Gasteiger partial charge in [-0.2, -0.15) is 5.26 Å². The van der Waals surface area contributed by atoms with E-state index in [9.17, 15) is 4.79 Å². The maximum Gasteiger partial charge on any atom is 0.167 e. The minimum Gasteiger partial charge on any atom is -0.294 e. The van der Waals surface area contributed by atoms with Gasteiger partial charge in [0.2, 0.25) is 0 Å². The van der Waals surface area contributed by atoms with Gasteiger partial charge in [-0.15, -0.1) is 0 Å². The normalized spacial score (nSPS) is 36.8. The van der Waals surface area contributed by atoms with Gasteiger partial charge in [0.15, 0.2) is 5.78 Å². The number of ketones is 1. The molecule has 0 saturated heterocycles. The Hall–Kier alpha value is -1.62. The second-order valence-electron chi connectivity index (χ2n) is 5.66. The lowest BCUT2D eigenvalue weighted by Gasteiger charge is -2.23. The molecule has 2 fully saturated rings. The number of fused-ring (bicyclic) bond motifs is 7. The first-order chi connectivity index (χ1) is 8.29. The summed E-state index contributed by atoms with van der Waals surface area (Å²) in [7, 11) is 0. The zero-order valence-electron chi connectivity index (χ0n) is 9.52. The molecule has 0 spiro atoms. The first kappa shape index (κ1) is 9.41. The van der Waals surface area contributed by atoms with E-state index in [1.165, 1.54) is 24.8 Å². The van der Waals surface area contributed by atoms with Crippen molar-refractivity contribution in [2.24, 2.45) is 17.8 Å². The van der Waals surface area contributed by atoms with Crippen molar-refractivity contribution in [3.8, 4) is 6.07 Å². The van der Waals surface area contributed by atoms with E-state index in [4.69, 9.17) is 5.26 Å². The van der Waals surface area contributed by atoms with Crippen molar-refractivity contribution in [3.63, 3.8) is 0 Å². The minimum absolute atomic E-state index is 0.248. The molecule has 0 aliphatic heterocycles. The van der Waals surface area contributed by atoms with Crippen LogP contribution in [0.5, 0.6) is 0 Å². The van der Waals surface area contributed by atoms with E-state index in [1.54, 1.807) is 6.07 Å². The van der Waals surface area contributed by atoms with Crippen LogP contribution in [-0.2, 0) is 0 Å². The molecule has 4 atom stereocenters. The van der Waals surface area contributed by atoms with Crippen LogP contribution >= 0.6 is 0 Å². The van der Waals surface area contributed by atoms with Gasteiger partial charge in [0, 0.05) is 11.5 Å². The first-order valence-electron chi connectivity index (χ1n) is 6.38. The summed E-state index contributed by atoms with van der Waals surface area (Å²) in [5.41, 5.74) is 2.77. The highest BCUT2D eigenvalue weighted by atomic mass is 16.1. The summed E-state index contributed by atoms with van der Waals surface area (Å²) in [6.07, 6.45) is 3.74. The van der Waals surface area contributed by atoms with Gasteiger partial charge in [0.1, 0.15) is 0 Å². The zero-order chi connectivity index (χ0) is 11.6. The standard InChI is InChI=1S/C15H13NO/c16-7-8-1-4-11-12(5-8)13-9-2-3-10(6-9)14(13)15(11)17/h1,4-5,9-10,13-14H,2-3,6H2/t9-,10+,13-,14-/m0/s1. The van der Waals surface area contributed by atoms with Crippen LogP contribution in [0.15, 0.2) is 18.2 Å². The van der Waals surface area contributed by atoms with E-state index in [1.807, 2.05) is 12.1 Å². The zero-order valence-corrected chi connectivity index (χ0v) is 9.52. The summed E-state index contributed by atoms with van der Waals surface area (Å²) in [5.74, 6) is 2.35. The van der Waals surface area contributed by atoms with E-state index in [-0.39, 0.29) is 5.92 Å². The molecule has 0 aromatic heterocycles. The number of nitriles is 1. The lowest BCUT2D eigenvalue weighted by atomic mass is 9.79. The molecule has 3 aliphatic carbocycles. The van der Waals surface area contributed by atoms with Crippen molar-refractivity contribution in [3.05, 3.63) is 34.9 Å². The molecule has 4 rings (SSSR count). The number of Topliss-reactive ketones (excluding diaryl/α,β-unsaturated/α-hetero) is 1. The second-order valence-corrected chi connectivity index (χ2v) is 5.66. The van der Waals surface area contributed by atoms with Crippen LogP contribution in [0.2, 0.25) is 0 Å². The van der Waals surface area contributed by atoms with Gasteiger partial charge >= 0.3 is 0 Å². The largest absolute Gasteiger partial charge is 0.294 e. The topological polar surface area (TPSA) is 40.9 Å². The van der Waals surface area contributed by atoms with Gasteiger partial charge in [0.25, 0.3) is 0 Å². The van der Waals surface area contributed by atoms with Crippen LogP contribution in [0.4, 0.5) is 0 Å². The Morgan fingerprint density at radius 2 is 1.94 bits per heavy atom. The number of carbonyl (C=O) groups excluding carboxylic acids is 1. The summed E-state index contributed by atoms with van der Waals surface area (Å²) >= 11 is 0. The molecule has 2 bridgehead atoms. The van der Waals surface area contributed by atoms with E-state index in [2.05, 4.69) is 6.07 Å². The molecule has 2 saturated carbocycles. The van der Waals surface area contributed by atoms with Crippen molar-refractivity contribution >= 4 is 5.78 Å². The Balaban J connectivity index is 1.91. The summed E-state index contributed by atoms with van der Waals surface area (Å²) in [4.78, 5) is 12.4. The molecule has 84 valence electrons. The average molecular weight is 223 g/mol. The summed E-state index contributed by atoms with van der Waals surface area (Å²) in [6.45, 7) is 0. The van der Waals surface area contributed by atoms with Crippen LogP contribution in [0.25, 0.3) is 0 Å². The third kappa shape index (κ3) is 1.02. The van der Waals surface area contributed by atoms with Gasteiger partial charge in [-0.05, 0) is 60.8 Å². The van der Waals surface area contributed by atoms with Gasteiger partial charge in [-0.25, -0.2) is 0 Å². The average Bonchev–Trinajstić information content (AvgIpc) is 3.02. The fourth-order valence-corrected chi connectivity index (χ4v) is 4.43. The van der Waals surface area contributed by atoms with Gasteiger partial charge in [-0.3, -0.25) is 4.79 Å². The van der Waals surface area contributed by atoms with Crippen molar-refractivity contribution in [2.75, 3.05) is 0 Å². The number of hydrogen-bond acceptors (Lipinski definition) is 2. The lowest BCUT2D eigenvalue weighted by molar-refractivity contribution is 0.0883. The number of nitrogens with zero attached hydrogens (tertiary/aromatic N) is 1. The molecule has 3 aliphatic rings. The van der Waals surface area contributed by atoms with Crippen molar-refractivity contribution < 1.29 is 4.79 Å². The molecule has 0 N–H and O–H groups in total. The van der Waals surface area contributed by atoms with E-state index < -0.39 is 0 Å². The second kappa shape index (κ2) is 2.98.